The molecule has 2 rings (SSSR count). The van der Waals surface area contributed by atoms with Crippen LogP contribution in [0.4, 0.5) is 0 Å². The van der Waals surface area contributed by atoms with Crippen LogP contribution in [-0.4, -0.2) is 69.7 Å². The van der Waals surface area contributed by atoms with Crippen LogP contribution in [0.2, 0.25) is 0 Å². The van der Waals surface area contributed by atoms with Crippen LogP contribution < -0.4 is 5.32 Å². The summed E-state index contributed by atoms with van der Waals surface area (Å²) in [4.78, 5) is 2.21. The Hall–Kier alpha value is -0.170. The van der Waals surface area contributed by atoms with Crippen molar-refractivity contribution >= 4 is 10.0 Å². The Kier molecular flexibility index (Phi) is 5.00. The summed E-state index contributed by atoms with van der Waals surface area (Å²) < 4.78 is 26.5. The molecular weight excluding hydrogens is 250 g/mol. The van der Waals surface area contributed by atoms with Gasteiger partial charge < -0.3 is 10.2 Å². The van der Waals surface area contributed by atoms with Crippen molar-refractivity contribution in [1.82, 2.24) is 14.5 Å². The van der Waals surface area contributed by atoms with Crippen molar-refractivity contribution in [3.05, 3.63) is 0 Å². The Bertz CT molecular complexity index is 352. The summed E-state index contributed by atoms with van der Waals surface area (Å²) in [6.45, 7) is 5.07. The largest absolute Gasteiger partial charge is 0.316 e. The highest BCUT2D eigenvalue weighted by Crippen LogP contribution is 2.16. The first-order valence-electron chi connectivity index (χ1n) is 6.95. The van der Waals surface area contributed by atoms with Crippen molar-refractivity contribution in [3.8, 4) is 0 Å². The van der Waals surface area contributed by atoms with E-state index in [0.717, 1.165) is 45.4 Å². The molecule has 0 aromatic carbocycles. The normalized spacial score (nSPS) is 29.1. The third-order valence-electron chi connectivity index (χ3n) is 3.92. The SMILES string of the molecule is CN1CCCN(S(=O)(=O)CC2CCCNC2)CC1. The quantitative estimate of drug-likeness (QED) is 0.785. The van der Waals surface area contributed by atoms with Crippen LogP contribution in [0.1, 0.15) is 19.3 Å². The van der Waals surface area contributed by atoms with Gasteiger partial charge in [-0.3, -0.25) is 0 Å². The van der Waals surface area contributed by atoms with Gasteiger partial charge in [0.2, 0.25) is 10.0 Å². The average molecular weight is 275 g/mol. The Morgan fingerprint density at radius 3 is 2.72 bits per heavy atom. The molecule has 1 N–H and O–H groups in total. The van der Waals surface area contributed by atoms with E-state index in [1.54, 1.807) is 4.31 Å². The van der Waals surface area contributed by atoms with Gasteiger partial charge in [0, 0.05) is 19.6 Å². The molecular formula is C12H25N3O2S. The summed E-state index contributed by atoms with van der Waals surface area (Å²) >= 11 is 0. The van der Waals surface area contributed by atoms with Gasteiger partial charge in [0.05, 0.1) is 5.75 Å². The van der Waals surface area contributed by atoms with Gasteiger partial charge >= 0.3 is 0 Å². The molecule has 2 fully saturated rings. The molecule has 1 unspecified atom stereocenters. The molecule has 0 spiro atoms. The van der Waals surface area contributed by atoms with Crippen molar-refractivity contribution < 1.29 is 8.42 Å². The highest BCUT2D eigenvalue weighted by atomic mass is 32.2. The first kappa shape index (κ1) is 14.2. The van der Waals surface area contributed by atoms with Crippen LogP contribution in [0.5, 0.6) is 0 Å². The van der Waals surface area contributed by atoms with E-state index in [1.165, 1.54) is 0 Å². The molecule has 2 aliphatic rings. The predicted octanol–water partition coefficient (Wildman–Crippen LogP) is -0.0467. The number of likely N-dealkylation sites (N-methyl/N-ethyl adjacent to an activating group) is 1. The summed E-state index contributed by atoms with van der Waals surface area (Å²) in [7, 11) is -1.01. The van der Waals surface area contributed by atoms with Crippen LogP contribution in [0.3, 0.4) is 0 Å². The molecule has 1 atom stereocenters. The van der Waals surface area contributed by atoms with Crippen molar-refractivity contribution in [2.45, 2.75) is 19.3 Å². The van der Waals surface area contributed by atoms with Crippen LogP contribution in [0, 0.1) is 5.92 Å². The monoisotopic (exact) mass is 275 g/mol. The minimum atomic E-state index is -3.06. The van der Waals surface area contributed by atoms with Crippen LogP contribution in [0.15, 0.2) is 0 Å². The van der Waals surface area contributed by atoms with E-state index >= 15 is 0 Å². The maximum Gasteiger partial charge on any atom is 0.214 e. The lowest BCUT2D eigenvalue weighted by Gasteiger charge is -2.26. The van der Waals surface area contributed by atoms with E-state index in [0.29, 0.717) is 24.8 Å². The summed E-state index contributed by atoms with van der Waals surface area (Å²) in [5, 5.41) is 3.29. The van der Waals surface area contributed by atoms with E-state index in [-0.39, 0.29) is 0 Å². The van der Waals surface area contributed by atoms with Gasteiger partial charge in [-0.1, -0.05) is 0 Å². The van der Waals surface area contributed by atoms with Gasteiger partial charge in [-0.15, -0.1) is 0 Å². The molecule has 0 aromatic rings. The number of sulfonamides is 1. The smallest absolute Gasteiger partial charge is 0.214 e. The molecule has 2 saturated heterocycles. The molecule has 0 radical (unpaired) electrons. The predicted molar refractivity (Wildman–Crippen MR) is 73.1 cm³/mol. The number of hydrogen-bond acceptors (Lipinski definition) is 4. The molecule has 18 heavy (non-hydrogen) atoms. The minimum absolute atomic E-state index is 0.296. The number of rotatable bonds is 3. The third kappa shape index (κ3) is 3.91. The van der Waals surface area contributed by atoms with E-state index < -0.39 is 10.0 Å². The zero-order chi connectivity index (χ0) is 13.0. The highest BCUT2D eigenvalue weighted by molar-refractivity contribution is 7.89. The van der Waals surface area contributed by atoms with Gasteiger partial charge in [0.1, 0.15) is 0 Å². The fourth-order valence-corrected chi connectivity index (χ4v) is 4.63. The molecule has 106 valence electrons. The van der Waals surface area contributed by atoms with Gasteiger partial charge in [0.15, 0.2) is 0 Å². The van der Waals surface area contributed by atoms with Gasteiger partial charge in [-0.25, -0.2) is 12.7 Å². The molecule has 0 aromatic heterocycles. The number of piperidine rings is 1. The van der Waals surface area contributed by atoms with Crippen molar-refractivity contribution in [2.75, 3.05) is 52.1 Å². The number of nitrogens with one attached hydrogen (secondary N) is 1. The lowest BCUT2D eigenvalue weighted by atomic mass is 10.0. The first-order valence-corrected chi connectivity index (χ1v) is 8.56. The lowest BCUT2D eigenvalue weighted by Crippen LogP contribution is -2.41. The molecule has 6 heteroatoms. The van der Waals surface area contributed by atoms with Crippen LogP contribution in [0.25, 0.3) is 0 Å². The minimum Gasteiger partial charge on any atom is -0.316 e. The molecule has 0 bridgehead atoms. The Morgan fingerprint density at radius 2 is 2.00 bits per heavy atom. The Balaban J connectivity index is 1.92. The molecule has 2 aliphatic heterocycles. The summed E-state index contributed by atoms with van der Waals surface area (Å²) in [5.41, 5.74) is 0. The standard InChI is InChI=1S/C12H25N3O2S/c1-14-6-3-7-15(9-8-14)18(16,17)11-12-4-2-5-13-10-12/h12-13H,2-11H2,1H3. The zero-order valence-electron chi connectivity index (χ0n) is 11.3. The summed E-state index contributed by atoms with van der Waals surface area (Å²) in [5.74, 6) is 0.619. The fraction of sp³-hybridized carbons (Fsp3) is 1.00. The molecule has 0 aliphatic carbocycles. The molecule has 0 saturated carbocycles. The third-order valence-corrected chi connectivity index (χ3v) is 5.96. The highest BCUT2D eigenvalue weighted by Gasteiger charge is 2.28. The lowest BCUT2D eigenvalue weighted by molar-refractivity contribution is 0.344. The molecule has 2 heterocycles. The second-order valence-corrected chi connectivity index (χ2v) is 7.56. The summed E-state index contributed by atoms with van der Waals surface area (Å²) in [6.07, 6.45) is 3.08. The van der Waals surface area contributed by atoms with Crippen molar-refractivity contribution in [2.24, 2.45) is 5.92 Å². The Labute approximate surface area is 111 Å². The maximum absolute atomic E-state index is 12.4. The van der Waals surface area contributed by atoms with Crippen molar-refractivity contribution in [1.29, 1.82) is 0 Å². The molecule has 5 nitrogen and oxygen atoms in total. The van der Waals surface area contributed by atoms with Gasteiger partial charge in [-0.05, 0) is 51.9 Å². The van der Waals surface area contributed by atoms with Gasteiger partial charge in [0.25, 0.3) is 0 Å². The van der Waals surface area contributed by atoms with E-state index in [4.69, 9.17) is 0 Å². The van der Waals surface area contributed by atoms with Crippen LogP contribution in [-0.2, 0) is 10.0 Å². The summed E-state index contributed by atoms with van der Waals surface area (Å²) in [6, 6.07) is 0. The second kappa shape index (κ2) is 6.32. The first-order chi connectivity index (χ1) is 8.58. The van der Waals surface area contributed by atoms with Gasteiger partial charge in [-0.2, -0.15) is 0 Å². The average Bonchev–Trinajstić information content (AvgIpc) is 2.55. The zero-order valence-corrected chi connectivity index (χ0v) is 12.1. The van der Waals surface area contributed by atoms with Crippen LogP contribution >= 0.6 is 0 Å². The number of hydrogen-bond donors (Lipinski definition) is 1. The van der Waals surface area contributed by atoms with Crippen molar-refractivity contribution in [3.63, 3.8) is 0 Å². The molecule has 0 amide bonds. The van der Waals surface area contributed by atoms with E-state index in [9.17, 15) is 8.42 Å². The van der Waals surface area contributed by atoms with E-state index in [1.807, 2.05) is 0 Å². The maximum atomic E-state index is 12.4. The second-order valence-electron chi connectivity index (χ2n) is 5.55. The Morgan fingerprint density at radius 1 is 1.17 bits per heavy atom. The fourth-order valence-electron chi connectivity index (χ4n) is 2.77. The van der Waals surface area contributed by atoms with E-state index in [2.05, 4.69) is 17.3 Å². The number of nitrogens with zero attached hydrogens (tertiary/aromatic N) is 2. The topological polar surface area (TPSA) is 52.7 Å².